The number of hydrogen-bond donors (Lipinski definition) is 13. The quantitative estimate of drug-likeness (QED) is 0.0849. The number of carboxylic acids is 5. The van der Waals surface area contributed by atoms with Crippen LogP contribution in [0.5, 0.6) is 0 Å². The Kier molecular flexibility index (Phi) is 30.0. The van der Waals surface area contributed by atoms with Crippen LogP contribution in [0, 0.1) is 0 Å². The molecule has 5 unspecified atom stereocenters. The number of nitrogens with zero attached hydrogens (tertiary/aromatic N) is 2. The summed E-state index contributed by atoms with van der Waals surface area (Å²) in [6.45, 7) is -0.505. The van der Waals surface area contributed by atoms with Crippen molar-refractivity contribution in [1.29, 1.82) is 0 Å². The van der Waals surface area contributed by atoms with E-state index in [1.165, 1.54) is 12.7 Å². The third-order valence-electron chi connectivity index (χ3n) is 5.04. The highest BCUT2D eigenvalue weighted by molar-refractivity contribution is 7.98. The predicted octanol–water partition coefficient (Wildman–Crippen LogP) is -2.58. The number of carbonyl (C=O) groups is 5. The van der Waals surface area contributed by atoms with Crippen molar-refractivity contribution in [2.75, 3.05) is 30.6 Å². The van der Waals surface area contributed by atoms with Gasteiger partial charge < -0.3 is 69.3 Å². The van der Waals surface area contributed by atoms with Crippen LogP contribution in [0.3, 0.4) is 0 Å². The van der Waals surface area contributed by atoms with Crippen LogP contribution in [0.1, 0.15) is 24.2 Å². The standard InChI is InChI=1S/2C6H9N3O2.2C5H11NO2S.C3H7NO3/c2*7-5(6(10)11)1-4-2-8-3-9-4;2*1-9-3-2-4(6)5(7)8;4-2(1-5)3(6)7/h2*2-3,5H,1,7H2,(H,8,9)(H,10,11);2*4H,2-3,6H2,1H3,(H,7,8);2,5H,1,4H2,(H,6,7). The highest BCUT2D eigenvalue weighted by atomic mass is 32.2. The van der Waals surface area contributed by atoms with Crippen LogP contribution in [-0.4, -0.2) is 141 Å². The van der Waals surface area contributed by atoms with Crippen molar-refractivity contribution >= 4 is 53.4 Å². The minimum absolute atomic E-state index is 0.287. The van der Waals surface area contributed by atoms with Gasteiger partial charge in [-0.15, -0.1) is 0 Å². The van der Waals surface area contributed by atoms with Gasteiger partial charge in [-0.3, -0.25) is 24.0 Å². The molecule has 0 radical (unpaired) electrons. The van der Waals surface area contributed by atoms with Gasteiger partial charge in [-0.2, -0.15) is 23.5 Å². The third-order valence-corrected chi connectivity index (χ3v) is 6.33. The van der Waals surface area contributed by atoms with Crippen molar-refractivity contribution in [3.05, 3.63) is 36.4 Å². The first kappa shape index (κ1) is 47.6. The number of thioether (sulfide) groups is 2. The van der Waals surface area contributed by atoms with Crippen LogP contribution in [-0.2, 0) is 36.8 Å². The Hall–Kier alpha value is -3.77. The molecule has 22 heteroatoms. The summed E-state index contributed by atoms with van der Waals surface area (Å²) in [7, 11) is 0. The molecular formula is C25H47N9O11S2. The monoisotopic (exact) mass is 713 g/mol. The number of hydrogen-bond acceptors (Lipinski definition) is 15. The van der Waals surface area contributed by atoms with Crippen molar-refractivity contribution < 1.29 is 54.6 Å². The smallest absolute Gasteiger partial charge is 0.322 e. The number of aromatic nitrogens is 4. The first-order valence-electron chi connectivity index (χ1n) is 13.4. The lowest BCUT2D eigenvalue weighted by Gasteiger charge is -2.02. The highest BCUT2D eigenvalue weighted by Crippen LogP contribution is 1.99. The van der Waals surface area contributed by atoms with Crippen molar-refractivity contribution in [3.63, 3.8) is 0 Å². The average Bonchev–Trinajstić information content (AvgIpc) is 3.74. The topological polar surface area (TPSA) is 394 Å². The molecule has 20 nitrogen and oxygen atoms in total. The van der Waals surface area contributed by atoms with Gasteiger partial charge in [-0.25, -0.2) is 9.97 Å². The molecule has 2 aromatic heterocycles. The Bertz CT molecular complexity index is 1040. The summed E-state index contributed by atoms with van der Waals surface area (Å²) in [4.78, 5) is 63.3. The molecule has 0 spiro atoms. The Morgan fingerprint density at radius 3 is 1.09 bits per heavy atom. The maximum absolute atomic E-state index is 10.3. The van der Waals surface area contributed by atoms with Gasteiger partial charge >= 0.3 is 29.8 Å². The molecule has 0 aliphatic heterocycles. The second kappa shape index (κ2) is 29.6. The van der Waals surface area contributed by atoms with Gasteiger partial charge in [0.2, 0.25) is 0 Å². The second-order valence-electron chi connectivity index (χ2n) is 9.03. The summed E-state index contributed by atoms with van der Waals surface area (Å²) in [5, 5.41) is 49.3. The molecule has 5 atom stereocenters. The van der Waals surface area contributed by atoms with Crippen LogP contribution in [0.2, 0.25) is 0 Å². The number of aliphatic hydroxyl groups is 1. The molecule has 0 saturated carbocycles. The van der Waals surface area contributed by atoms with Crippen LogP contribution in [0.25, 0.3) is 0 Å². The maximum Gasteiger partial charge on any atom is 0.322 e. The minimum Gasteiger partial charge on any atom is -0.480 e. The molecule has 0 saturated heterocycles. The first-order valence-corrected chi connectivity index (χ1v) is 16.2. The van der Waals surface area contributed by atoms with E-state index in [0.29, 0.717) is 12.8 Å². The van der Waals surface area contributed by atoms with Gasteiger partial charge in [0.25, 0.3) is 0 Å². The van der Waals surface area contributed by atoms with E-state index in [9.17, 15) is 24.0 Å². The summed E-state index contributed by atoms with van der Waals surface area (Å²) in [6, 6.07) is -4.19. The zero-order chi connectivity index (χ0) is 36.9. The van der Waals surface area contributed by atoms with Gasteiger partial charge in [0, 0.05) is 36.6 Å². The zero-order valence-electron chi connectivity index (χ0n) is 26.0. The van der Waals surface area contributed by atoms with E-state index in [4.69, 9.17) is 59.3 Å². The van der Waals surface area contributed by atoms with Crippen molar-refractivity contribution in [2.45, 2.75) is 55.9 Å². The lowest BCUT2D eigenvalue weighted by atomic mass is 10.2. The Morgan fingerprint density at radius 2 is 0.915 bits per heavy atom. The third kappa shape index (κ3) is 29.4. The Morgan fingerprint density at radius 1 is 0.617 bits per heavy atom. The Labute approximate surface area is 279 Å². The number of imidazole rings is 2. The lowest BCUT2D eigenvalue weighted by Crippen LogP contribution is -2.33. The van der Waals surface area contributed by atoms with Gasteiger partial charge in [-0.1, -0.05) is 0 Å². The highest BCUT2D eigenvalue weighted by Gasteiger charge is 2.13. The van der Waals surface area contributed by atoms with Gasteiger partial charge in [0.1, 0.15) is 30.2 Å². The number of nitrogens with two attached hydrogens (primary N) is 5. The van der Waals surface area contributed by atoms with E-state index in [0.717, 1.165) is 22.9 Å². The number of H-pyrrole nitrogens is 2. The fourth-order valence-electron chi connectivity index (χ4n) is 2.26. The number of aliphatic hydroxyl groups excluding tert-OH is 1. The number of carboxylic acid groups (broad SMARTS) is 5. The summed E-state index contributed by atoms with van der Waals surface area (Å²) < 4.78 is 0. The fraction of sp³-hybridized carbons (Fsp3) is 0.560. The first-order chi connectivity index (χ1) is 21.9. The van der Waals surface area contributed by atoms with Crippen LogP contribution in [0.15, 0.2) is 25.0 Å². The molecule has 2 aromatic rings. The molecule has 2 rings (SSSR count). The Balaban J connectivity index is -0.000000520. The lowest BCUT2D eigenvalue weighted by molar-refractivity contribution is -0.140. The van der Waals surface area contributed by atoms with Gasteiger partial charge in [0.05, 0.1) is 19.3 Å². The molecule has 2 heterocycles. The molecule has 18 N–H and O–H groups in total. The summed E-state index contributed by atoms with van der Waals surface area (Å²) in [6.07, 6.45) is 11.6. The number of aromatic amines is 2. The van der Waals surface area contributed by atoms with E-state index in [1.807, 2.05) is 12.5 Å². The SMILES string of the molecule is CSCCC(N)C(=O)O.CSCCC(N)C(=O)O.NC(CO)C(=O)O.NC(Cc1cnc[nH]1)C(=O)O.NC(Cc1cnc[nH]1)C(=O)O. The minimum atomic E-state index is -1.18. The van der Waals surface area contributed by atoms with E-state index in [-0.39, 0.29) is 12.8 Å². The molecular weight excluding hydrogens is 666 g/mol. The number of rotatable bonds is 16. The van der Waals surface area contributed by atoms with Gasteiger partial charge in [-0.05, 0) is 36.9 Å². The molecule has 0 bridgehead atoms. The van der Waals surface area contributed by atoms with E-state index in [1.54, 1.807) is 35.9 Å². The number of aliphatic carboxylic acids is 5. The zero-order valence-corrected chi connectivity index (χ0v) is 27.6. The van der Waals surface area contributed by atoms with E-state index >= 15 is 0 Å². The summed E-state index contributed by atoms with van der Waals surface area (Å²) in [5.74, 6) is -3.38. The van der Waals surface area contributed by atoms with Gasteiger partial charge in [0.15, 0.2) is 0 Å². The molecule has 0 aliphatic rings. The predicted molar refractivity (Wildman–Crippen MR) is 176 cm³/mol. The maximum atomic E-state index is 10.3. The van der Waals surface area contributed by atoms with Crippen molar-refractivity contribution in [3.8, 4) is 0 Å². The molecule has 0 amide bonds. The van der Waals surface area contributed by atoms with Crippen LogP contribution < -0.4 is 28.7 Å². The van der Waals surface area contributed by atoms with Crippen molar-refractivity contribution in [1.82, 2.24) is 19.9 Å². The number of nitrogens with one attached hydrogen (secondary N) is 2. The molecule has 0 aliphatic carbocycles. The molecule has 0 fully saturated rings. The summed E-state index contributed by atoms with van der Waals surface area (Å²) in [5.41, 5.74) is 27.1. The molecule has 47 heavy (non-hydrogen) atoms. The van der Waals surface area contributed by atoms with Crippen LogP contribution in [0.4, 0.5) is 0 Å². The summed E-state index contributed by atoms with van der Waals surface area (Å²) >= 11 is 3.21. The largest absolute Gasteiger partial charge is 0.480 e. The normalized spacial score (nSPS) is 13.0. The average molecular weight is 714 g/mol. The van der Waals surface area contributed by atoms with E-state index in [2.05, 4.69) is 19.9 Å². The molecule has 270 valence electrons. The van der Waals surface area contributed by atoms with Crippen molar-refractivity contribution in [2.24, 2.45) is 28.7 Å². The van der Waals surface area contributed by atoms with E-state index < -0.39 is 66.7 Å². The van der Waals surface area contributed by atoms with Crippen LogP contribution >= 0.6 is 23.5 Å². The molecule has 0 aromatic carbocycles. The second-order valence-corrected chi connectivity index (χ2v) is 11.0. The fourth-order valence-corrected chi connectivity index (χ4v) is 3.24.